The van der Waals surface area contributed by atoms with Crippen molar-refractivity contribution in [3.63, 3.8) is 0 Å². The van der Waals surface area contributed by atoms with Gasteiger partial charge in [-0.05, 0) is 19.8 Å². The predicted octanol–water partition coefficient (Wildman–Crippen LogP) is 1.00. The molecule has 0 spiro atoms. The summed E-state index contributed by atoms with van der Waals surface area (Å²) in [6, 6.07) is 0.0282. The SMILES string of the molecule is CCn1ccnc(N2CCCCCC2CO)c1=O. The van der Waals surface area contributed by atoms with Crippen molar-refractivity contribution in [1.29, 1.82) is 0 Å². The van der Waals surface area contributed by atoms with Crippen LogP contribution in [0.15, 0.2) is 17.2 Å². The number of nitrogens with zero attached hydrogens (tertiary/aromatic N) is 3. The molecule has 5 heteroatoms. The number of aliphatic hydroxyl groups excluding tert-OH is 1. The molecule has 5 nitrogen and oxygen atoms in total. The molecule has 18 heavy (non-hydrogen) atoms. The summed E-state index contributed by atoms with van der Waals surface area (Å²) in [5.74, 6) is 0.486. The van der Waals surface area contributed by atoms with E-state index in [4.69, 9.17) is 0 Å². The monoisotopic (exact) mass is 251 g/mol. The highest BCUT2D eigenvalue weighted by molar-refractivity contribution is 5.37. The van der Waals surface area contributed by atoms with Gasteiger partial charge in [-0.2, -0.15) is 0 Å². The third-order valence-electron chi connectivity index (χ3n) is 3.60. The molecule has 1 aliphatic rings. The van der Waals surface area contributed by atoms with Gasteiger partial charge in [-0.1, -0.05) is 12.8 Å². The van der Waals surface area contributed by atoms with Crippen LogP contribution in [0.4, 0.5) is 5.82 Å². The van der Waals surface area contributed by atoms with E-state index in [0.717, 1.165) is 32.2 Å². The molecule has 1 aromatic heterocycles. The third kappa shape index (κ3) is 2.56. The second-order valence-electron chi connectivity index (χ2n) is 4.72. The Balaban J connectivity index is 2.35. The molecule has 1 atom stereocenters. The van der Waals surface area contributed by atoms with E-state index in [9.17, 15) is 9.90 Å². The highest BCUT2D eigenvalue weighted by atomic mass is 16.3. The lowest BCUT2D eigenvalue weighted by molar-refractivity contribution is 0.254. The molecular formula is C13H21N3O2. The number of aryl methyl sites for hydroxylation is 1. The summed E-state index contributed by atoms with van der Waals surface area (Å²) >= 11 is 0. The minimum atomic E-state index is -0.0552. The number of hydrogen-bond acceptors (Lipinski definition) is 4. The van der Waals surface area contributed by atoms with Gasteiger partial charge in [0.25, 0.3) is 5.56 Å². The molecule has 1 unspecified atom stereocenters. The van der Waals surface area contributed by atoms with Gasteiger partial charge < -0.3 is 14.6 Å². The average molecular weight is 251 g/mol. The Bertz CT molecular complexity index is 444. The van der Waals surface area contributed by atoms with Gasteiger partial charge in [0.1, 0.15) is 0 Å². The third-order valence-corrected chi connectivity index (χ3v) is 3.60. The van der Waals surface area contributed by atoms with Gasteiger partial charge in [0.2, 0.25) is 0 Å². The van der Waals surface area contributed by atoms with Crippen LogP contribution in [0.1, 0.15) is 32.6 Å². The van der Waals surface area contributed by atoms with Crippen LogP contribution in [-0.4, -0.2) is 33.9 Å². The van der Waals surface area contributed by atoms with Gasteiger partial charge in [-0.25, -0.2) is 4.98 Å². The summed E-state index contributed by atoms with van der Waals surface area (Å²) in [6.07, 6.45) is 7.62. The highest BCUT2D eigenvalue weighted by Gasteiger charge is 2.23. The van der Waals surface area contributed by atoms with Crippen molar-refractivity contribution in [3.05, 3.63) is 22.7 Å². The molecule has 0 saturated carbocycles. The Hall–Kier alpha value is -1.36. The average Bonchev–Trinajstić information content (AvgIpc) is 2.64. The first-order valence-electron chi connectivity index (χ1n) is 6.71. The minimum Gasteiger partial charge on any atom is -0.394 e. The van der Waals surface area contributed by atoms with Crippen molar-refractivity contribution in [2.45, 2.75) is 45.2 Å². The maximum atomic E-state index is 12.3. The Morgan fingerprint density at radius 3 is 3.00 bits per heavy atom. The zero-order chi connectivity index (χ0) is 13.0. The van der Waals surface area contributed by atoms with E-state index in [0.29, 0.717) is 12.4 Å². The van der Waals surface area contributed by atoms with Crippen LogP contribution >= 0.6 is 0 Å². The number of aliphatic hydroxyl groups is 1. The zero-order valence-electron chi connectivity index (χ0n) is 10.9. The summed E-state index contributed by atoms with van der Waals surface area (Å²) in [7, 11) is 0. The Morgan fingerprint density at radius 2 is 2.28 bits per heavy atom. The van der Waals surface area contributed by atoms with Crippen molar-refractivity contribution in [2.24, 2.45) is 0 Å². The first-order chi connectivity index (χ1) is 8.77. The molecule has 1 fully saturated rings. The first-order valence-corrected chi connectivity index (χ1v) is 6.71. The maximum absolute atomic E-state index is 12.3. The van der Waals surface area contributed by atoms with Crippen molar-refractivity contribution in [2.75, 3.05) is 18.1 Å². The molecule has 0 aromatic carbocycles. The molecule has 1 N–H and O–H groups in total. The minimum absolute atomic E-state index is 0.0282. The Morgan fingerprint density at radius 1 is 1.44 bits per heavy atom. The lowest BCUT2D eigenvalue weighted by Crippen LogP contribution is -2.42. The van der Waals surface area contributed by atoms with Gasteiger partial charge in [-0.3, -0.25) is 4.79 Å². The summed E-state index contributed by atoms with van der Waals surface area (Å²) < 4.78 is 1.65. The van der Waals surface area contributed by atoms with Crippen molar-refractivity contribution < 1.29 is 5.11 Å². The van der Waals surface area contributed by atoms with E-state index in [-0.39, 0.29) is 18.2 Å². The molecule has 1 aromatic rings. The highest BCUT2D eigenvalue weighted by Crippen LogP contribution is 2.19. The lowest BCUT2D eigenvalue weighted by Gasteiger charge is -2.29. The molecule has 2 rings (SSSR count). The summed E-state index contributed by atoms with van der Waals surface area (Å²) in [5, 5.41) is 9.49. The van der Waals surface area contributed by atoms with Gasteiger partial charge in [-0.15, -0.1) is 0 Å². The van der Waals surface area contributed by atoms with E-state index in [1.165, 1.54) is 0 Å². The van der Waals surface area contributed by atoms with Gasteiger partial charge in [0.05, 0.1) is 12.6 Å². The molecule has 1 aliphatic heterocycles. The van der Waals surface area contributed by atoms with Crippen LogP contribution in [0, 0.1) is 0 Å². The quantitative estimate of drug-likeness (QED) is 0.871. The largest absolute Gasteiger partial charge is 0.394 e. The molecule has 2 heterocycles. The van der Waals surface area contributed by atoms with Crippen LogP contribution in [0.3, 0.4) is 0 Å². The topological polar surface area (TPSA) is 58.4 Å². The fourth-order valence-corrected chi connectivity index (χ4v) is 2.53. The normalized spacial score (nSPS) is 20.8. The van der Waals surface area contributed by atoms with E-state index < -0.39 is 0 Å². The number of aromatic nitrogens is 2. The smallest absolute Gasteiger partial charge is 0.293 e. The molecule has 0 amide bonds. The molecule has 0 radical (unpaired) electrons. The van der Waals surface area contributed by atoms with Crippen LogP contribution < -0.4 is 10.5 Å². The molecule has 100 valence electrons. The van der Waals surface area contributed by atoms with Crippen molar-refractivity contribution >= 4 is 5.82 Å². The molecule has 1 saturated heterocycles. The number of hydrogen-bond donors (Lipinski definition) is 1. The van der Waals surface area contributed by atoms with Gasteiger partial charge in [0.15, 0.2) is 5.82 Å². The first kappa shape index (κ1) is 13.1. The fraction of sp³-hybridized carbons (Fsp3) is 0.692. The van der Waals surface area contributed by atoms with E-state index in [2.05, 4.69) is 4.98 Å². The number of anilines is 1. The lowest BCUT2D eigenvalue weighted by atomic mass is 10.1. The second-order valence-corrected chi connectivity index (χ2v) is 4.72. The van der Waals surface area contributed by atoms with Crippen LogP contribution in [0.5, 0.6) is 0 Å². The zero-order valence-corrected chi connectivity index (χ0v) is 10.9. The van der Waals surface area contributed by atoms with Gasteiger partial charge in [0, 0.05) is 25.5 Å². The fourth-order valence-electron chi connectivity index (χ4n) is 2.53. The maximum Gasteiger partial charge on any atom is 0.293 e. The number of rotatable bonds is 3. The van der Waals surface area contributed by atoms with Crippen LogP contribution in [0.2, 0.25) is 0 Å². The summed E-state index contributed by atoms with van der Waals surface area (Å²) in [5.41, 5.74) is -0.0552. The molecule has 0 aliphatic carbocycles. The predicted molar refractivity (Wildman–Crippen MR) is 70.9 cm³/mol. The molecular weight excluding hydrogens is 230 g/mol. The van der Waals surface area contributed by atoms with E-state index in [1.54, 1.807) is 17.0 Å². The van der Waals surface area contributed by atoms with Crippen molar-refractivity contribution in [1.82, 2.24) is 9.55 Å². The summed E-state index contributed by atoms with van der Waals surface area (Å²) in [4.78, 5) is 18.5. The summed E-state index contributed by atoms with van der Waals surface area (Å²) in [6.45, 7) is 3.48. The van der Waals surface area contributed by atoms with Crippen LogP contribution in [-0.2, 0) is 6.54 Å². The van der Waals surface area contributed by atoms with E-state index in [1.807, 2.05) is 11.8 Å². The Kier molecular flexibility index (Phi) is 4.36. The van der Waals surface area contributed by atoms with Crippen LogP contribution in [0.25, 0.3) is 0 Å². The standard InChI is InChI=1S/C13H21N3O2/c1-2-15-9-7-14-12(13(15)18)16-8-5-3-4-6-11(16)10-17/h7,9,11,17H,2-6,8,10H2,1H3. The Labute approximate surface area is 107 Å². The second kappa shape index (κ2) is 6.00. The van der Waals surface area contributed by atoms with Gasteiger partial charge >= 0.3 is 0 Å². The van der Waals surface area contributed by atoms with Crippen molar-refractivity contribution in [3.8, 4) is 0 Å². The van der Waals surface area contributed by atoms with E-state index >= 15 is 0 Å². The molecule has 0 bridgehead atoms.